The molecule has 2 N–H and O–H groups in total. The van der Waals surface area contributed by atoms with Crippen molar-refractivity contribution >= 4 is 17.5 Å². The molecule has 158 valence electrons. The minimum Gasteiger partial charge on any atom is -0.506 e. The van der Waals surface area contributed by atoms with Gasteiger partial charge >= 0.3 is 0 Å². The first-order valence-electron chi connectivity index (χ1n) is 10.1. The predicted octanol–water partition coefficient (Wildman–Crippen LogP) is 3.91. The number of hydrogen-bond donors (Lipinski definition) is 2. The molecular formula is C23H19N7O2. The van der Waals surface area contributed by atoms with Crippen LogP contribution in [0.5, 0.6) is 0 Å². The highest BCUT2D eigenvalue weighted by Gasteiger charge is 2.27. The summed E-state index contributed by atoms with van der Waals surface area (Å²) in [5.74, 6) is 0.604. The summed E-state index contributed by atoms with van der Waals surface area (Å²) in [4.78, 5) is 25.7. The van der Waals surface area contributed by atoms with E-state index in [1.807, 2.05) is 16.7 Å². The van der Waals surface area contributed by atoms with E-state index < -0.39 is 0 Å². The fraction of sp³-hybridized carbons (Fsp3) is 0.130. The highest BCUT2D eigenvalue weighted by molar-refractivity contribution is 6.03. The lowest BCUT2D eigenvalue weighted by Crippen LogP contribution is -2.15. The summed E-state index contributed by atoms with van der Waals surface area (Å²) in [6, 6.07) is 12.7. The topological polar surface area (TPSA) is 119 Å². The number of rotatable bonds is 6. The third kappa shape index (κ3) is 3.95. The van der Waals surface area contributed by atoms with Crippen molar-refractivity contribution in [3.63, 3.8) is 0 Å². The second kappa shape index (κ2) is 8.03. The van der Waals surface area contributed by atoms with Crippen molar-refractivity contribution < 1.29 is 9.90 Å². The standard InChI is InChI=1S/C23H19N7O2/c1-14(31)18-8-5-16(12-25-18)15-9-10-24-20(11-15)23(32)28-21-4-2-3-19(27-21)22-29-26-13-30(22)17-6-7-17/h2-5,8-13,17,31H,1,6-7H2,(H,27,28,32). The quantitative estimate of drug-likeness (QED) is 0.450. The average molecular weight is 425 g/mol. The monoisotopic (exact) mass is 425 g/mol. The molecule has 32 heavy (non-hydrogen) atoms. The summed E-state index contributed by atoms with van der Waals surface area (Å²) in [7, 11) is 0. The lowest BCUT2D eigenvalue weighted by atomic mass is 10.1. The fourth-order valence-corrected chi connectivity index (χ4v) is 3.32. The smallest absolute Gasteiger partial charge is 0.275 e. The summed E-state index contributed by atoms with van der Waals surface area (Å²) in [6.07, 6.45) is 7.10. The number of aliphatic hydroxyl groups is 1. The molecule has 0 unspecified atom stereocenters. The molecule has 1 fully saturated rings. The Balaban J connectivity index is 1.36. The van der Waals surface area contributed by atoms with E-state index in [0.29, 0.717) is 29.1 Å². The minimum absolute atomic E-state index is 0.101. The SMILES string of the molecule is C=C(O)c1ccc(-c2ccnc(C(=O)Nc3cccc(-c4nncn4C4CC4)n3)c2)cn1. The molecule has 0 saturated heterocycles. The Morgan fingerprint density at radius 1 is 1.09 bits per heavy atom. The molecule has 4 aromatic heterocycles. The molecule has 9 nitrogen and oxygen atoms in total. The van der Waals surface area contributed by atoms with Crippen molar-refractivity contribution in [3.8, 4) is 22.6 Å². The third-order valence-corrected chi connectivity index (χ3v) is 5.12. The molecule has 0 aromatic carbocycles. The van der Waals surface area contributed by atoms with Gasteiger partial charge in [-0.3, -0.25) is 14.8 Å². The van der Waals surface area contributed by atoms with Crippen molar-refractivity contribution in [1.29, 1.82) is 0 Å². The van der Waals surface area contributed by atoms with Crippen LogP contribution in [-0.2, 0) is 0 Å². The molecule has 1 saturated carbocycles. The molecule has 0 bridgehead atoms. The van der Waals surface area contributed by atoms with Gasteiger partial charge < -0.3 is 15.0 Å². The zero-order valence-electron chi connectivity index (χ0n) is 17.0. The van der Waals surface area contributed by atoms with Gasteiger partial charge in [-0.2, -0.15) is 0 Å². The Labute approximate surface area is 183 Å². The Bertz CT molecular complexity index is 1310. The maximum Gasteiger partial charge on any atom is 0.275 e. The molecule has 9 heteroatoms. The molecule has 4 aromatic rings. The van der Waals surface area contributed by atoms with Crippen LogP contribution in [0.25, 0.3) is 28.4 Å². The third-order valence-electron chi connectivity index (χ3n) is 5.12. The summed E-state index contributed by atoms with van der Waals surface area (Å²) in [5.41, 5.74) is 2.83. The van der Waals surface area contributed by atoms with Gasteiger partial charge in [0.15, 0.2) is 5.82 Å². The number of hydrogen-bond acceptors (Lipinski definition) is 7. The number of aromatic nitrogens is 6. The first-order valence-corrected chi connectivity index (χ1v) is 10.1. The number of amides is 1. The van der Waals surface area contributed by atoms with Gasteiger partial charge in [-0.05, 0) is 48.7 Å². The van der Waals surface area contributed by atoms with E-state index in [9.17, 15) is 9.90 Å². The zero-order chi connectivity index (χ0) is 22.1. The van der Waals surface area contributed by atoms with Crippen molar-refractivity contribution in [2.24, 2.45) is 0 Å². The largest absolute Gasteiger partial charge is 0.506 e. The van der Waals surface area contributed by atoms with Gasteiger partial charge in [-0.25, -0.2) is 4.98 Å². The van der Waals surface area contributed by atoms with E-state index in [4.69, 9.17) is 0 Å². The Morgan fingerprint density at radius 2 is 1.97 bits per heavy atom. The number of pyridine rings is 3. The van der Waals surface area contributed by atoms with E-state index in [0.717, 1.165) is 24.0 Å². The highest BCUT2D eigenvalue weighted by Crippen LogP contribution is 2.37. The molecule has 1 amide bonds. The number of nitrogens with zero attached hydrogens (tertiary/aromatic N) is 6. The van der Waals surface area contributed by atoms with Gasteiger partial charge in [-0.1, -0.05) is 18.7 Å². The maximum atomic E-state index is 12.8. The maximum absolute atomic E-state index is 12.8. The molecule has 0 radical (unpaired) electrons. The predicted molar refractivity (Wildman–Crippen MR) is 119 cm³/mol. The van der Waals surface area contributed by atoms with Gasteiger partial charge in [0.05, 0.1) is 0 Å². The molecule has 0 aliphatic heterocycles. The molecule has 4 heterocycles. The molecule has 1 aliphatic rings. The van der Waals surface area contributed by atoms with Crippen LogP contribution in [0.4, 0.5) is 5.82 Å². The van der Waals surface area contributed by atoms with Gasteiger partial charge in [0, 0.05) is 24.0 Å². The second-order valence-electron chi connectivity index (χ2n) is 7.46. The number of aliphatic hydroxyl groups excluding tert-OH is 1. The average Bonchev–Trinajstić information content (AvgIpc) is 3.55. The van der Waals surface area contributed by atoms with Crippen LogP contribution < -0.4 is 5.32 Å². The van der Waals surface area contributed by atoms with Crippen LogP contribution in [0.1, 0.15) is 35.1 Å². The molecule has 0 spiro atoms. The lowest BCUT2D eigenvalue weighted by Gasteiger charge is -2.08. The molecule has 5 rings (SSSR count). The number of anilines is 1. The van der Waals surface area contributed by atoms with E-state index in [-0.39, 0.29) is 17.4 Å². The second-order valence-corrected chi connectivity index (χ2v) is 7.46. The van der Waals surface area contributed by atoms with Crippen LogP contribution in [0.3, 0.4) is 0 Å². The summed E-state index contributed by atoms with van der Waals surface area (Å²) < 4.78 is 2.02. The van der Waals surface area contributed by atoms with E-state index in [1.165, 1.54) is 0 Å². The molecule has 0 atom stereocenters. The number of nitrogens with one attached hydrogen (secondary N) is 1. The van der Waals surface area contributed by atoms with Gasteiger partial charge in [-0.15, -0.1) is 10.2 Å². The Kier molecular flexibility index (Phi) is 4.91. The van der Waals surface area contributed by atoms with Crippen LogP contribution in [0, 0.1) is 0 Å². The van der Waals surface area contributed by atoms with E-state index in [1.54, 1.807) is 49.1 Å². The van der Waals surface area contributed by atoms with E-state index >= 15 is 0 Å². The van der Waals surface area contributed by atoms with Crippen LogP contribution >= 0.6 is 0 Å². The molecule has 1 aliphatic carbocycles. The summed E-state index contributed by atoms with van der Waals surface area (Å²) in [6.45, 7) is 3.46. The summed E-state index contributed by atoms with van der Waals surface area (Å²) in [5, 5.41) is 20.4. The first-order chi connectivity index (χ1) is 15.6. The van der Waals surface area contributed by atoms with Crippen LogP contribution in [0.2, 0.25) is 0 Å². The van der Waals surface area contributed by atoms with Crippen molar-refractivity contribution in [1.82, 2.24) is 29.7 Å². The van der Waals surface area contributed by atoms with Crippen molar-refractivity contribution in [2.45, 2.75) is 18.9 Å². The molecular weight excluding hydrogens is 406 g/mol. The van der Waals surface area contributed by atoms with E-state index in [2.05, 4.69) is 37.0 Å². The fourth-order valence-electron chi connectivity index (χ4n) is 3.32. The first kappa shape index (κ1) is 19.6. The van der Waals surface area contributed by atoms with Gasteiger partial charge in [0.2, 0.25) is 0 Å². The zero-order valence-corrected chi connectivity index (χ0v) is 17.0. The van der Waals surface area contributed by atoms with Gasteiger partial charge in [0.1, 0.15) is 35.0 Å². The van der Waals surface area contributed by atoms with Gasteiger partial charge in [0.25, 0.3) is 5.91 Å². The minimum atomic E-state index is -0.381. The van der Waals surface area contributed by atoms with Crippen LogP contribution in [-0.4, -0.2) is 40.7 Å². The normalized spacial score (nSPS) is 13.0. The van der Waals surface area contributed by atoms with Crippen LogP contribution in [0.15, 0.2) is 67.8 Å². The Morgan fingerprint density at radius 3 is 2.72 bits per heavy atom. The summed E-state index contributed by atoms with van der Waals surface area (Å²) >= 11 is 0. The number of carbonyl (C=O) groups excluding carboxylic acids is 1. The Hall–Kier alpha value is -4.40. The van der Waals surface area contributed by atoms with Crippen molar-refractivity contribution in [3.05, 3.63) is 79.2 Å². The lowest BCUT2D eigenvalue weighted by molar-refractivity contribution is 0.102. The number of carbonyl (C=O) groups is 1. The highest BCUT2D eigenvalue weighted by atomic mass is 16.3. The van der Waals surface area contributed by atoms with Crippen molar-refractivity contribution in [2.75, 3.05) is 5.32 Å².